The lowest BCUT2D eigenvalue weighted by atomic mass is 10.1. The third-order valence-electron chi connectivity index (χ3n) is 4.79. The molecule has 3 rings (SSSR count). The van der Waals surface area contributed by atoms with Crippen LogP contribution in [0.15, 0.2) is 77.9 Å². The standard InChI is InChI=1S/C25H20F3N3O5/c1-15(30-31-23(33)22(32)29-19-10-8-18(9-11-19)25(26,27)28)16-6-12-20(13-7-16)36-24(34)17-4-3-5-21(14-17)35-2/h3-14H,1-2H3,(H,29,32)(H,31,33)/b30-15+. The van der Waals surface area contributed by atoms with E-state index in [0.29, 0.717) is 22.6 Å². The predicted octanol–water partition coefficient (Wildman–Crippen LogP) is 4.41. The van der Waals surface area contributed by atoms with Crippen molar-refractivity contribution in [2.45, 2.75) is 13.1 Å². The Hall–Kier alpha value is -4.67. The van der Waals surface area contributed by atoms with E-state index in [0.717, 1.165) is 24.3 Å². The van der Waals surface area contributed by atoms with Gasteiger partial charge >= 0.3 is 24.0 Å². The van der Waals surface area contributed by atoms with E-state index in [1.807, 2.05) is 0 Å². The maximum absolute atomic E-state index is 12.6. The molecule has 11 heteroatoms. The molecule has 8 nitrogen and oxygen atoms in total. The van der Waals surface area contributed by atoms with Crippen molar-refractivity contribution in [1.82, 2.24) is 5.43 Å². The lowest BCUT2D eigenvalue weighted by Gasteiger charge is -2.08. The molecule has 0 bridgehead atoms. The molecule has 0 aliphatic heterocycles. The minimum atomic E-state index is -4.51. The van der Waals surface area contributed by atoms with Crippen LogP contribution >= 0.6 is 0 Å². The van der Waals surface area contributed by atoms with Crippen LogP contribution in [-0.4, -0.2) is 30.6 Å². The van der Waals surface area contributed by atoms with Crippen molar-refractivity contribution in [2.75, 3.05) is 12.4 Å². The van der Waals surface area contributed by atoms with Gasteiger partial charge in [0.1, 0.15) is 11.5 Å². The summed E-state index contributed by atoms with van der Waals surface area (Å²) < 4.78 is 48.2. The molecule has 0 radical (unpaired) electrons. The van der Waals surface area contributed by atoms with Crippen LogP contribution < -0.4 is 20.2 Å². The molecule has 0 spiro atoms. The van der Waals surface area contributed by atoms with Gasteiger partial charge in [-0.05, 0) is 79.2 Å². The number of benzene rings is 3. The van der Waals surface area contributed by atoms with E-state index >= 15 is 0 Å². The van der Waals surface area contributed by atoms with Crippen LogP contribution in [-0.2, 0) is 15.8 Å². The average Bonchev–Trinajstić information content (AvgIpc) is 2.87. The van der Waals surface area contributed by atoms with E-state index in [1.54, 1.807) is 43.3 Å². The molecule has 0 heterocycles. The second kappa shape index (κ2) is 11.2. The number of nitrogens with zero attached hydrogens (tertiary/aromatic N) is 1. The average molecular weight is 499 g/mol. The summed E-state index contributed by atoms with van der Waals surface area (Å²) in [7, 11) is 1.49. The molecule has 0 aliphatic rings. The minimum absolute atomic E-state index is 0.0166. The Morgan fingerprint density at radius 1 is 0.833 bits per heavy atom. The van der Waals surface area contributed by atoms with Crippen molar-refractivity contribution in [3.05, 3.63) is 89.5 Å². The zero-order valence-corrected chi connectivity index (χ0v) is 19.1. The first-order chi connectivity index (χ1) is 17.1. The second-order valence-electron chi connectivity index (χ2n) is 7.31. The van der Waals surface area contributed by atoms with Crippen molar-refractivity contribution in [3.63, 3.8) is 0 Å². The van der Waals surface area contributed by atoms with Crippen LogP contribution in [0.2, 0.25) is 0 Å². The smallest absolute Gasteiger partial charge is 0.416 e. The SMILES string of the molecule is COc1cccc(C(=O)Oc2ccc(/C(C)=N/NC(=O)C(=O)Nc3ccc(C(F)(F)F)cc3)cc2)c1. The number of hydrogen-bond acceptors (Lipinski definition) is 6. The third-order valence-corrected chi connectivity index (χ3v) is 4.79. The highest BCUT2D eigenvalue weighted by Gasteiger charge is 2.30. The first-order valence-electron chi connectivity index (χ1n) is 10.4. The van der Waals surface area contributed by atoms with Gasteiger partial charge < -0.3 is 14.8 Å². The lowest BCUT2D eigenvalue weighted by molar-refractivity contribution is -0.137. The van der Waals surface area contributed by atoms with Crippen molar-refractivity contribution in [2.24, 2.45) is 5.10 Å². The number of halogens is 3. The number of hydrazone groups is 1. The van der Waals surface area contributed by atoms with E-state index in [1.165, 1.54) is 19.2 Å². The van der Waals surface area contributed by atoms with E-state index in [2.05, 4.69) is 15.8 Å². The van der Waals surface area contributed by atoms with Gasteiger partial charge in [-0.3, -0.25) is 9.59 Å². The van der Waals surface area contributed by atoms with Crippen LogP contribution in [0, 0.1) is 0 Å². The zero-order chi connectivity index (χ0) is 26.3. The summed E-state index contributed by atoms with van der Waals surface area (Å²) in [6.45, 7) is 1.57. The largest absolute Gasteiger partial charge is 0.497 e. The first kappa shape index (κ1) is 25.9. The van der Waals surface area contributed by atoms with Gasteiger partial charge in [-0.15, -0.1) is 0 Å². The maximum atomic E-state index is 12.6. The summed E-state index contributed by atoms with van der Waals surface area (Å²) in [5.41, 5.74) is 2.44. The number of carbonyl (C=O) groups excluding carboxylic acids is 3. The molecule has 0 saturated heterocycles. The molecule has 0 atom stereocenters. The molecule has 2 amide bonds. The minimum Gasteiger partial charge on any atom is -0.497 e. The predicted molar refractivity (Wildman–Crippen MR) is 125 cm³/mol. The summed E-state index contributed by atoms with van der Waals surface area (Å²) in [5, 5.41) is 6.03. The number of rotatable bonds is 6. The monoisotopic (exact) mass is 499 g/mol. The molecule has 36 heavy (non-hydrogen) atoms. The van der Waals surface area contributed by atoms with Gasteiger partial charge in [-0.1, -0.05) is 6.07 Å². The Kier molecular flexibility index (Phi) is 8.05. The molecule has 0 unspecified atom stereocenters. The lowest BCUT2D eigenvalue weighted by Crippen LogP contribution is -2.33. The van der Waals surface area contributed by atoms with E-state index < -0.39 is 29.5 Å². The van der Waals surface area contributed by atoms with Crippen LogP contribution in [0.25, 0.3) is 0 Å². The van der Waals surface area contributed by atoms with E-state index in [4.69, 9.17) is 9.47 Å². The number of esters is 1. The van der Waals surface area contributed by atoms with Gasteiger partial charge in [0.25, 0.3) is 0 Å². The zero-order valence-electron chi connectivity index (χ0n) is 19.1. The molecule has 3 aromatic rings. The van der Waals surface area contributed by atoms with Gasteiger partial charge in [0, 0.05) is 5.69 Å². The Bertz CT molecular complexity index is 1290. The van der Waals surface area contributed by atoms with E-state index in [-0.39, 0.29) is 11.4 Å². The summed E-state index contributed by atoms with van der Waals surface area (Å²) in [5.74, 6) is -2.00. The van der Waals surface area contributed by atoms with Gasteiger partial charge in [0.05, 0.1) is 23.9 Å². The number of amides is 2. The Labute approximate surface area is 203 Å². The third kappa shape index (κ3) is 6.92. The normalized spacial score (nSPS) is 11.4. The molecule has 2 N–H and O–H groups in total. The number of alkyl halides is 3. The highest BCUT2D eigenvalue weighted by atomic mass is 19.4. The summed E-state index contributed by atoms with van der Waals surface area (Å²) in [6, 6.07) is 16.4. The van der Waals surface area contributed by atoms with Crippen LogP contribution in [0.1, 0.15) is 28.4 Å². The summed E-state index contributed by atoms with van der Waals surface area (Å²) >= 11 is 0. The highest BCUT2D eigenvalue weighted by Crippen LogP contribution is 2.29. The fourth-order valence-corrected chi connectivity index (χ4v) is 2.86. The molecular weight excluding hydrogens is 479 g/mol. The fourth-order valence-electron chi connectivity index (χ4n) is 2.86. The molecule has 0 fully saturated rings. The maximum Gasteiger partial charge on any atom is 0.416 e. The number of ether oxygens (including phenoxy) is 2. The number of methoxy groups -OCH3 is 1. The number of carbonyl (C=O) groups is 3. The Morgan fingerprint density at radius 3 is 2.11 bits per heavy atom. The van der Waals surface area contributed by atoms with Crippen molar-refractivity contribution < 1.29 is 37.0 Å². The van der Waals surface area contributed by atoms with Gasteiger partial charge in [0.2, 0.25) is 0 Å². The Balaban J connectivity index is 1.55. The van der Waals surface area contributed by atoms with Crippen molar-refractivity contribution in [1.29, 1.82) is 0 Å². The summed E-state index contributed by atoms with van der Waals surface area (Å²) in [6.07, 6.45) is -4.51. The van der Waals surface area contributed by atoms with Gasteiger partial charge in [0.15, 0.2) is 0 Å². The first-order valence-corrected chi connectivity index (χ1v) is 10.4. The van der Waals surface area contributed by atoms with Gasteiger partial charge in [-0.2, -0.15) is 18.3 Å². The number of hydrogen-bond donors (Lipinski definition) is 2. The Morgan fingerprint density at radius 2 is 1.50 bits per heavy atom. The second-order valence-corrected chi connectivity index (χ2v) is 7.31. The molecule has 3 aromatic carbocycles. The molecular formula is C25H20F3N3O5. The van der Waals surface area contributed by atoms with Gasteiger partial charge in [-0.25, -0.2) is 10.2 Å². The van der Waals surface area contributed by atoms with Crippen molar-refractivity contribution in [3.8, 4) is 11.5 Å². The molecule has 186 valence electrons. The van der Waals surface area contributed by atoms with Crippen molar-refractivity contribution >= 4 is 29.2 Å². The molecule has 0 aliphatic carbocycles. The van der Waals surface area contributed by atoms with E-state index in [9.17, 15) is 27.6 Å². The van der Waals surface area contributed by atoms with Crippen LogP contribution in [0.4, 0.5) is 18.9 Å². The van der Waals surface area contributed by atoms with Crippen LogP contribution in [0.3, 0.4) is 0 Å². The highest BCUT2D eigenvalue weighted by molar-refractivity contribution is 6.39. The quantitative estimate of drug-likeness (QED) is 0.172. The molecule has 0 aromatic heterocycles. The topological polar surface area (TPSA) is 106 Å². The molecule has 0 saturated carbocycles. The number of anilines is 1. The number of nitrogens with one attached hydrogen (secondary N) is 2. The summed E-state index contributed by atoms with van der Waals surface area (Å²) in [4.78, 5) is 36.3. The van der Waals surface area contributed by atoms with Crippen LogP contribution in [0.5, 0.6) is 11.5 Å². The fraction of sp³-hybridized carbons (Fsp3) is 0.120.